The second-order valence-corrected chi connectivity index (χ2v) is 5.22. The van der Waals surface area contributed by atoms with Crippen molar-refractivity contribution in [2.45, 2.75) is 6.42 Å². The van der Waals surface area contributed by atoms with Crippen LogP contribution in [-0.2, 0) is 9.53 Å². The number of carbonyl (C=O) groups excluding carboxylic acids is 1. The van der Waals surface area contributed by atoms with Gasteiger partial charge in [0.25, 0.3) is 0 Å². The lowest BCUT2D eigenvalue weighted by Gasteiger charge is -2.13. The molecule has 0 aliphatic carbocycles. The van der Waals surface area contributed by atoms with E-state index in [1.54, 1.807) is 20.3 Å². The topological polar surface area (TPSA) is 44.8 Å². The number of hydrogen-bond acceptors (Lipinski definition) is 4. The number of carbonyl (C=O) groups is 1. The standard InChI is InChI=1S/C21H22O4/c1-23-17-14-12-16(13-15-17)18(8-5-7-11-21(22)25-3)19-9-4-6-10-20(19)24-2/h4-10,12-15H,11H2,1-3H3/b7-5+,18-8+. The van der Waals surface area contributed by atoms with Crippen LogP contribution < -0.4 is 9.47 Å². The van der Waals surface area contributed by atoms with Gasteiger partial charge in [0.1, 0.15) is 11.5 Å². The number of allylic oxidation sites excluding steroid dienone is 2. The number of esters is 1. The van der Waals surface area contributed by atoms with Crippen molar-refractivity contribution < 1.29 is 19.0 Å². The lowest BCUT2D eigenvalue weighted by atomic mass is 9.96. The molecule has 25 heavy (non-hydrogen) atoms. The minimum absolute atomic E-state index is 0.231. The molecule has 130 valence electrons. The van der Waals surface area contributed by atoms with Crippen LogP contribution in [0.3, 0.4) is 0 Å². The fourth-order valence-corrected chi connectivity index (χ4v) is 2.39. The number of ether oxygens (including phenoxy) is 3. The third-order valence-electron chi connectivity index (χ3n) is 3.71. The Morgan fingerprint density at radius 2 is 1.68 bits per heavy atom. The minimum atomic E-state index is -0.270. The smallest absolute Gasteiger partial charge is 0.309 e. The first kappa shape index (κ1) is 18.3. The molecule has 2 aromatic rings. The Labute approximate surface area is 148 Å². The zero-order valence-electron chi connectivity index (χ0n) is 14.7. The Hall–Kier alpha value is -3.01. The summed E-state index contributed by atoms with van der Waals surface area (Å²) in [4.78, 5) is 11.2. The zero-order valence-corrected chi connectivity index (χ0v) is 14.7. The van der Waals surface area contributed by atoms with Crippen molar-refractivity contribution in [1.29, 1.82) is 0 Å². The van der Waals surface area contributed by atoms with Crippen LogP contribution >= 0.6 is 0 Å². The predicted octanol–water partition coefficient (Wildman–Crippen LogP) is 4.25. The molecular formula is C21H22O4. The summed E-state index contributed by atoms with van der Waals surface area (Å²) >= 11 is 0. The molecule has 0 radical (unpaired) electrons. The average molecular weight is 338 g/mol. The molecule has 0 aliphatic rings. The molecule has 0 N–H and O–H groups in total. The van der Waals surface area contributed by atoms with E-state index in [1.807, 2.05) is 60.7 Å². The molecule has 0 saturated heterocycles. The van der Waals surface area contributed by atoms with E-state index in [-0.39, 0.29) is 12.4 Å². The van der Waals surface area contributed by atoms with Crippen molar-refractivity contribution in [2.75, 3.05) is 21.3 Å². The average Bonchev–Trinajstić information content (AvgIpc) is 2.68. The van der Waals surface area contributed by atoms with Gasteiger partial charge in [-0.05, 0) is 29.3 Å². The number of rotatable bonds is 7. The number of para-hydroxylation sites is 1. The first-order chi connectivity index (χ1) is 12.2. The Morgan fingerprint density at radius 1 is 0.960 bits per heavy atom. The van der Waals surface area contributed by atoms with E-state index < -0.39 is 0 Å². The molecule has 0 fully saturated rings. The number of benzene rings is 2. The Balaban J connectivity index is 2.41. The maximum atomic E-state index is 11.2. The monoisotopic (exact) mass is 338 g/mol. The van der Waals surface area contributed by atoms with Crippen molar-refractivity contribution in [1.82, 2.24) is 0 Å². The molecule has 0 atom stereocenters. The lowest BCUT2D eigenvalue weighted by molar-refractivity contribution is -0.139. The van der Waals surface area contributed by atoms with Crippen LogP contribution in [0.2, 0.25) is 0 Å². The van der Waals surface area contributed by atoms with Crippen molar-refractivity contribution in [3.05, 3.63) is 77.9 Å². The highest BCUT2D eigenvalue weighted by molar-refractivity contribution is 5.84. The van der Waals surface area contributed by atoms with E-state index >= 15 is 0 Å². The molecule has 0 spiro atoms. The predicted molar refractivity (Wildman–Crippen MR) is 98.8 cm³/mol. The first-order valence-corrected chi connectivity index (χ1v) is 7.91. The number of hydrogen-bond donors (Lipinski definition) is 0. The third-order valence-corrected chi connectivity index (χ3v) is 3.71. The molecular weight excluding hydrogens is 316 g/mol. The van der Waals surface area contributed by atoms with Gasteiger partial charge in [-0.3, -0.25) is 4.79 Å². The summed E-state index contributed by atoms with van der Waals surface area (Å²) in [5, 5.41) is 0. The van der Waals surface area contributed by atoms with Gasteiger partial charge in [-0.25, -0.2) is 0 Å². The summed E-state index contributed by atoms with van der Waals surface area (Å²) in [7, 11) is 4.67. The largest absolute Gasteiger partial charge is 0.497 e. The third kappa shape index (κ3) is 4.98. The summed E-state index contributed by atoms with van der Waals surface area (Å²) in [6.07, 6.45) is 5.81. The minimum Gasteiger partial charge on any atom is -0.497 e. The van der Waals surface area contributed by atoms with Gasteiger partial charge in [-0.15, -0.1) is 0 Å². The second kappa shape index (κ2) is 9.33. The van der Waals surface area contributed by atoms with Crippen LogP contribution in [-0.4, -0.2) is 27.3 Å². The summed E-state index contributed by atoms with van der Waals surface area (Å²) < 4.78 is 15.4. The van der Waals surface area contributed by atoms with Crippen LogP contribution in [0.5, 0.6) is 11.5 Å². The fourth-order valence-electron chi connectivity index (χ4n) is 2.39. The van der Waals surface area contributed by atoms with Crippen molar-refractivity contribution in [3.8, 4) is 11.5 Å². The highest BCUT2D eigenvalue weighted by Gasteiger charge is 2.10. The van der Waals surface area contributed by atoms with Crippen LogP contribution in [0.15, 0.2) is 66.8 Å². The van der Waals surface area contributed by atoms with E-state index in [9.17, 15) is 4.79 Å². The molecule has 0 amide bonds. The molecule has 0 bridgehead atoms. The molecule has 4 nitrogen and oxygen atoms in total. The van der Waals surface area contributed by atoms with Gasteiger partial charge < -0.3 is 14.2 Å². The van der Waals surface area contributed by atoms with Crippen molar-refractivity contribution >= 4 is 11.5 Å². The van der Waals surface area contributed by atoms with E-state index in [1.165, 1.54) is 7.11 Å². The highest BCUT2D eigenvalue weighted by Crippen LogP contribution is 2.31. The van der Waals surface area contributed by atoms with Crippen LogP contribution in [0, 0.1) is 0 Å². The molecule has 0 saturated carbocycles. The fraction of sp³-hybridized carbons (Fsp3) is 0.190. The van der Waals surface area contributed by atoms with E-state index in [4.69, 9.17) is 9.47 Å². The van der Waals surface area contributed by atoms with Gasteiger partial charge in [0.15, 0.2) is 0 Å². The van der Waals surface area contributed by atoms with Gasteiger partial charge in [-0.1, -0.05) is 48.6 Å². The molecule has 0 heterocycles. The lowest BCUT2D eigenvalue weighted by Crippen LogP contribution is -1.96. The highest BCUT2D eigenvalue weighted by atomic mass is 16.5. The van der Waals surface area contributed by atoms with E-state index in [2.05, 4.69) is 4.74 Å². The summed E-state index contributed by atoms with van der Waals surface area (Å²) in [6, 6.07) is 15.6. The molecule has 2 aromatic carbocycles. The van der Waals surface area contributed by atoms with Crippen LogP contribution in [0.1, 0.15) is 17.5 Å². The summed E-state index contributed by atoms with van der Waals surface area (Å²) in [5.41, 5.74) is 2.98. The molecule has 0 aromatic heterocycles. The summed E-state index contributed by atoms with van der Waals surface area (Å²) in [5.74, 6) is 1.31. The molecule has 0 unspecified atom stereocenters. The van der Waals surface area contributed by atoms with Crippen molar-refractivity contribution in [3.63, 3.8) is 0 Å². The Morgan fingerprint density at radius 3 is 2.32 bits per heavy atom. The van der Waals surface area contributed by atoms with Crippen LogP contribution in [0.25, 0.3) is 5.57 Å². The van der Waals surface area contributed by atoms with Gasteiger partial charge in [-0.2, -0.15) is 0 Å². The maximum Gasteiger partial charge on any atom is 0.309 e. The quantitative estimate of drug-likeness (QED) is 0.559. The number of methoxy groups -OCH3 is 3. The zero-order chi connectivity index (χ0) is 18.1. The second-order valence-electron chi connectivity index (χ2n) is 5.22. The summed E-state index contributed by atoms with van der Waals surface area (Å²) in [6.45, 7) is 0. The van der Waals surface area contributed by atoms with Crippen molar-refractivity contribution in [2.24, 2.45) is 0 Å². The SMILES string of the molecule is COC(=O)C/C=C/C=C(\c1ccc(OC)cc1)c1ccccc1OC. The molecule has 2 rings (SSSR count). The molecule has 0 aliphatic heterocycles. The van der Waals surface area contributed by atoms with E-state index in [0.717, 1.165) is 28.2 Å². The van der Waals surface area contributed by atoms with Gasteiger partial charge in [0, 0.05) is 5.56 Å². The Kier molecular flexibility index (Phi) is 6.84. The van der Waals surface area contributed by atoms with Crippen LogP contribution in [0.4, 0.5) is 0 Å². The van der Waals surface area contributed by atoms with Gasteiger partial charge in [0.05, 0.1) is 27.8 Å². The molecule has 4 heteroatoms. The van der Waals surface area contributed by atoms with Gasteiger partial charge >= 0.3 is 5.97 Å². The normalized spacial score (nSPS) is 11.4. The Bertz CT molecular complexity index is 758. The maximum absolute atomic E-state index is 11.2. The van der Waals surface area contributed by atoms with E-state index in [0.29, 0.717) is 0 Å². The first-order valence-electron chi connectivity index (χ1n) is 7.91. The van der Waals surface area contributed by atoms with Gasteiger partial charge in [0.2, 0.25) is 0 Å².